The number of aromatic nitrogens is 1. The highest BCUT2D eigenvalue weighted by atomic mass is 79.9. The van der Waals surface area contributed by atoms with Gasteiger partial charge in [-0.1, -0.05) is 13.0 Å². The van der Waals surface area contributed by atoms with Crippen molar-refractivity contribution < 1.29 is 4.74 Å². The van der Waals surface area contributed by atoms with E-state index < -0.39 is 0 Å². The summed E-state index contributed by atoms with van der Waals surface area (Å²) in [4.78, 5) is 5.54. The molecule has 0 fully saturated rings. The molecule has 0 aliphatic carbocycles. The molecule has 20 heavy (non-hydrogen) atoms. The van der Waals surface area contributed by atoms with Gasteiger partial charge in [0, 0.05) is 17.8 Å². The Kier molecular flexibility index (Phi) is 6.01. The first-order valence-corrected chi connectivity index (χ1v) is 8.39. The Balaban J connectivity index is 1.88. The van der Waals surface area contributed by atoms with Crippen LogP contribution in [-0.4, -0.2) is 18.1 Å². The molecule has 0 atom stereocenters. The Morgan fingerprint density at radius 3 is 2.90 bits per heavy atom. The molecule has 0 amide bonds. The summed E-state index contributed by atoms with van der Waals surface area (Å²) in [5.41, 5.74) is 4.25. The molecule has 5 heteroatoms. The first-order chi connectivity index (χ1) is 9.70. The quantitative estimate of drug-likeness (QED) is 0.817. The zero-order valence-corrected chi connectivity index (χ0v) is 14.2. The molecule has 3 nitrogen and oxygen atoms in total. The zero-order chi connectivity index (χ0) is 14.4. The van der Waals surface area contributed by atoms with E-state index in [2.05, 4.69) is 45.3 Å². The van der Waals surface area contributed by atoms with Crippen LogP contribution in [0.1, 0.15) is 23.1 Å². The largest absolute Gasteiger partial charge is 0.492 e. The Bertz CT molecular complexity index is 557. The number of nitrogens with one attached hydrogen (secondary N) is 1. The van der Waals surface area contributed by atoms with Crippen LogP contribution in [0.2, 0.25) is 0 Å². The number of nitrogens with zero attached hydrogens (tertiary/aromatic N) is 1. The topological polar surface area (TPSA) is 34.1 Å². The third-order valence-electron chi connectivity index (χ3n) is 3.01. The number of thiazole rings is 1. The Hall–Kier alpha value is -0.910. The number of benzene rings is 1. The SMILES string of the molecule is CCNCc1ccc(OCCc2scnc2C)c(Br)c1. The smallest absolute Gasteiger partial charge is 0.133 e. The predicted molar refractivity (Wildman–Crippen MR) is 87.6 cm³/mol. The van der Waals surface area contributed by atoms with Crippen molar-refractivity contribution in [3.05, 3.63) is 44.3 Å². The van der Waals surface area contributed by atoms with E-state index in [9.17, 15) is 0 Å². The van der Waals surface area contributed by atoms with Gasteiger partial charge in [-0.25, -0.2) is 4.98 Å². The van der Waals surface area contributed by atoms with Gasteiger partial charge in [-0.2, -0.15) is 0 Å². The van der Waals surface area contributed by atoms with E-state index in [1.54, 1.807) is 11.3 Å². The van der Waals surface area contributed by atoms with E-state index >= 15 is 0 Å². The molecule has 2 rings (SSSR count). The van der Waals surface area contributed by atoms with Crippen LogP contribution < -0.4 is 10.1 Å². The summed E-state index contributed by atoms with van der Waals surface area (Å²) in [6.07, 6.45) is 0.905. The molecule has 0 saturated carbocycles. The second kappa shape index (κ2) is 7.76. The van der Waals surface area contributed by atoms with Crippen LogP contribution in [0, 0.1) is 6.92 Å². The minimum Gasteiger partial charge on any atom is -0.492 e. The Morgan fingerprint density at radius 2 is 2.25 bits per heavy atom. The van der Waals surface area contributed by atoms with Crippen molar-refractivity contribution in [1.29, 1.82) is 0 Å². The maximum Gasteiger partial charge on any atom is 0.133 e. The highest BCUT2D eigenvalue weighted by molar-refractivity contribution is 9.10. The summed E-state index contributed by atoms with van der Waals surface area (Å²) in [5.74, 6) is 0.896. The van der Waals surface area contributed by atoms with Crippen molar-refractivity contribution in [2.75, 3.05) is 13.2 Å². The lowest BCUT2D eigenvalue weighted by Gasteiger charge is -2.10. The summed E-state index contributed by atoms with van der Waals surface area (Å²) in [5, 5.41) is 3.31. The van der Waals surface area contributed by atoms with Crippen LogP contribution in [-0.2, 0) is 13.0 Å². The molecule has 0 aliphatic rings. The van der Waals surface area contributed by atoms with Crippen molar-refractivity contribution in [1.82, 2.24) is 10.3 Å². The summed E-state index contributed by atoms with van der Waals surface area (Å²) in [6, 6.07) is 6.23. The number of ether oxygens (including phenoxy) is 1. The van der Waals surface area contributed by atoms with E-state index in [-0.39, 0.29) is 0 Å². The highest BCUT2D eigenvalue weighted by Gasteiger charge is 2.05. The average Bonchev–Trinajstić information content (AvgIpc) is 2.84. The molecule has 0 aliphatic heterocycles. The third-order valence-corrected chi connectivity index (χ3v) is 4.62. The lowest BCUT2D eigenvalue weighted by atomic mass is 10.2. The van der Waals surface area contributed by atoms with Crippen molar-refractivity contribution in [3.63, 3.8) is 0 Å². The number of aryl methyl sites for hydroxylation is 1. The van der Waals surface area contributed by atoms with E-state index in [0.29, 0.717) is 6.61 Å². The van der Waals surface area contributed by atoms with Crippen molar-refractivity contribution in [3.8, 4) is 5.75 Å². The number of halogens is 1. The average molecular weight is 355 g/mol. The predicted octanol–water partition coefficient (Wildman–Crippen LogP) is 3.95. The highest BCUT2D eigenvalue weighted by Crippen LogP contribution is 2.26. The second-order valence-electron chi connectivity index (χ2n) is 4.50. The molecule has 1 heterocycles. The number of rotatable bonds is 7. The molecule has 1 N–H and O–H groups in total. The van der Waals surface area contributed by atoms with Gasteiger partial charge in [0.05, 0.1) is 22.3 Å². The normalized spacial score (nSPS) is 10.8. The maximum atomic E-state index is 5.84. The lowest BCUT2D eigenvalue weighted by molar-refractivity contribution is 0.320. The fourth-order valence-electron chi connectivity index (χ4n) is 1.86. The minimum atomic E-state index is 0.675. The molecule has 0 saturated heterocycles. The standard InChI is InChI=1S/C15H19BrN2OS/c1-3-17-9-12-4-5-14(13(16)8-12)19-7-6-15-11(2)18-10-20-15/h4-5,8,10,17H,3,6-7,9H2,1-2H3. The van der Waals surface area contributed by atoms with Crippen LogP contribution in [0.25, 0.3) is 0 Å². The first-order valence-electron chi connectivity index (χ1n) is 6.71. The van der Waals surface area contributed by atoms with Crippen molar-refractivity contribution in [2.45, 2.75) is 26.8 Å². The van der Waals surface area contributed by atoms with Crippen LogP contribution >= 0.6 is 27.3 Å². The van der Waals surface area contributed by atoms with Gasteiger partial charge in [0.1, 0.15) is 5.75 Å². The van der Waals surface area contributed by atoms with E-state index in [1.165, 1.54) is 10.4 Å². The molecular weight excluding hydrogens is 336 g/mol. The molecule has 0 radical (unpaired) electrons. The first kappa shape index (κ1) is 15.5. The van der Waals surface area contributed by atoms with E-state index in [0.717, 1.165) is 35.4 Å². The van der Waals surface area contributed by atoms with Crippen LogP contribution in [0.4, 0.5) is 0 Å². The van der Waals surface area contributed by atoms with Crippen molar-refractivity contribution >= 4 is 27.3 Å². The molecule has 0 bridgehead atoms. The second-order valence-corrected chi connectivity index (χ2v) is 6.30. The molecule has 0 spiro atoms. The molecule has 0 unspecified atom stereocenters. The fraction of sp³-hybridized carbons (Fsp3) is 0.400. The monoisotopic (exact) mass is 354 g/mol. The zero-order valence-electron chi connectivity index (χ0n) is 11.8. The van der Waals surface area contributed by atoms with Gasteiger partial charge < -0.3 is 10.1 Å². The molecule has 1 aromatic carbocycles. The fourth-order valence-corrected chi connectivity index (χ4v) is 3.16. The summed E-state index contributed by atoms with van der Waals surface area (Å²) >= 11 is 5.26. The van der Waals surface area contributed by atoms with Crippen LogP contribution in [0.15, 0.2) is 28.2 Å². The van der Waals surface area contributed by atoms with Gasteiger partial charge in [-0.05, 0) is 47.1 Å². The van der Waals surface area contributed by atoms with Gasteiger partial charge in [0.15, 0.2) is 0 Å². The molecule has 2 aromatic rings. The van der Waals surface area contributed by atoms with Crippen LogP contribution in [0.5, 0.6) is 5.75 Å². The van der Waals surface area contributed by atoms with Gasteiger partial charge in [-0.15, -0.1) is 11.3 Å². The summed E-state index contributed by atoms with van der Waals surface area (Å²) in [6.45, 7) is 6.68. The number of hydrogen-bond acceptors (Lipinski definition) is 4. The minimum absolute atomic E-state index is 0.675. The third kappa shape index (κ3) is 4.30. The molecule has 108 valence electrons. The Labute approximate surface area is 132 Å². The maximum absolute atomic E-state index is 5.84. The van der Waals surface area contributed by atoms with Gasteiger partial charge >= 0.3 is 0 Å². The Morgan fingerprint density at radius 1 is 1.40 bits per heavy atom. The summed E-state index contributed by atoms with van der Waals surface area (Å²) in [7, 11) is 0. The van der Waals surface area contributed by atoms with E-state index in [1.807, 2.05) is 18.5 Å². The lowest BCUT2D eigenvalue weighted by Crippen LogP contribution is -2.11. The van der Waals surface area contributed by atoms with Crippen molar-refractivity contribution in [2.24, 2.45) is 0 Å². The van der Waals surface area contributed by atoms with Gasteiger partial charge in [0.2, 0.25) is 0 Å². The summed E-state index contributed by atoms with van der Waals surface area (Å²) < 4.78 is 6.84. The van der Waals surface area contributed by atoms with Gasteiger partial charge in [-0.3, -0.25) is 0 Å². The van der Waals surface area contributed by atoms with Crippen LogP contribution in [0.3, 0.4) is 0 Å². The van der Waals surface area contributed by atoms with E-state index in [4.69, 9.17) is 4.74 Å². The molecule has 1 aromatic heterocycles. The molecular formula is C15H19BrN2OS. The van der Waals surface area contributed by atoms with Gasteiger partial charge in [0.25, 0.3) is 0 Å². The number of hydrogen-bond donors (Lipinski definition) is 1.